The number of nitrogen functional groups attached to an aromatic ring is 1. The summed E-state index contributed by atoms with van der Waals surface area (Å²) in [5.41, 5.74) is 5.90. The van der Waals surface area contributed by atoms with Crippen LogP contribution in [0.4, 0.5) is 5.69 Å². The molecular weight excluding hydrogens is 254 g/mol. The Kier molecular flexibility index (Phi) is 3.39. The van der Waals surface area contributed by atoms with Crippen LogP contribution < -0.4 is 10.5 Å². The number of esters is 1. The van der Waals surface area contributed by atoms with E-state index in [1.54, 1.807) is 24.3 Å². The van der Waals surface area contributed by atoms with Crippen molar-refractivity contribution in [3.8, 4) is 11.5 Å². The van der Waals surface area contributed by atoms with Gasteiger partial charge in [0.15, 0.2) is 0 Å². The molecule has 0 saturated heterocycles. The van der Waals surface area contributed by atoms with E-state index < -0.39 is 5.97 Å². The van der Waals surface area contributed by atoms with Crippen LogP contribution in [0.3, 0.4) is 0 Å². The van der Waals surface area contributed by atoms with Crippen LogP contribution in [0.1, 0.15) is 10.4 Å². The van der Waals surface area contributed by atoms with E-state index in [0.717, 1.165) is 0 Å². The van der Waals surface area contributed by atoms with Crippen molar-refractivity contribution in [2.45, 2.75) is 0 Å². The second kappa shape index (κ2) is 4.98. The molecule has 2 aromatic rings. The Labute approximate surface area is 109 Å². The van der Waals surface area contributed by atoms with Gasteiger partial charge in [-0.3, -0.25) is 0 Å². The highest BCUT2D eigenvalue weighted by atomic mass is 35.5. The molecule has 0 amide bonds. The standard InChI is InChI=1S/C13H10ClNO3/c14-8-1-4-10(5-2-8)18-13(17)11-6-3-9(15)7-12(11)16/h1-7,16H,15H2. The summed E-state index contributed by atoms with van der Waals surface area (Å²) in [6, 6.07) is 10.5. The van der Waals surface area contributed by atoms with Gasteiger partial charge in [-0.25, -0.2) is 4.79 Å². The van der Waals surface area contributed by atoms with Gasteiger partial charge in [0.2, 0.25) is 0 Å². The first-order valence-corrected chi connectivity index (χ1v) is 5.50. The van der Waals surface area contributed by atoms with Gasteiger partial charge in [-0.1, -0.05) is 11.6 Å². The lowest BCUT2D eigenvalue weighted by molar-refractivity contribution is 0.0732. The minimum absolute atomic E-state index is 0.0548. The van der Waals surface area contributed by atoms with E-state index in [1.807, 2.05) is 0 Å². The Bertz CT molecular complexity index is 581. The molecule has 0 aliphatic carbocycles. The Balaban J connectivity index is 2.19. The van der Waals surface area contributed by atoms with Gasteiger partial charge in [0.1, 0.15) is 17.1 Å². The molecule has 0 radical (unpaired) electrons. The largest absolute Gasteiger partial charge is 0.507 e. The van der Waals surface area contributed by atoms with Crippen molar-refractivity contribution in [3.05, 3.63) is 53.1 Å². The summed E-state index contributed by atoms with van der Waals surface area (Å²) in [7, 11) is 0. The summed E-state index contributed by atoms with van der Waals surface area (Å²) in [6.07, 6.45) is 0. The lowest BCUT2D eigenvalue weighted by Gasteiger charge is -2.06. The average Bonchev–Trinajstić information content (AvgIpc) is 2.32. The van der Waals surface area contributed by atoms with Crippen LogP contribution >= 0.6 is 11.6 Å². The van der Waals surface area contributed by atoms with Gasteiger partial charge in [-0.15, -0.1) is 0 Å². The first kappa shape index (κ1) is 12.3. The molecule has 0 aromatic heterocycles. The lowest BCUT2D eigenvalue weighted by atomic mass is 10.2. The normalized spacial score (nSPS) is 10.1. The van der Waals surface area contributed by atoms with Crippen molar-refractivity contribution < 1.29 is 14.6 Å². The topological polar surface area (TPSA) is 72.6 Å². The van der Waals surface area contributed by atoms with Crippen LogP contribution in [-0.2, 0) is 0 Å². The monoisotopic (exact) mass is 263 g/mol. The molecule has 18 heavy (non-hydrogen) atoms. The zero-order valence-electron chi connectivity index (χ0n) is 9.26. The van der Waals surface area contributed by atoms with E-state index in [1.165, 1.54) is 18.2 Å². The van der Waals surface area contributed by atoms with Gasteiger partial charge in [-0.2, -0.15) is 0 Å². The number of rotatable bonds is 2. The molecule has 92 valence electrons. The molecule has 0 saturated carbocycles. The highest BCUT2D eigenvalue weighted by molar-refractivity contribution is 6.30. The molecular formula is C13H10ClNO3. The van der Waals surface area contributed by atoms with Crippen LogP contribution in [-0.4, -0.2) is 11.1 Å². The number of carbonyl (C=O) groups is 1. The molecule has 5 heteroatoms. The number of benzene rings is 2. The SMILES string of the molecule is Nc1ccc(C(=O)Oc2ccc(Cl)cc2)c(O)c1. The summed E-state index contributed by atoms with van der Waals surface area (Å²) in [5.74, 6) is -0.524. The number of halogens is 1. The average molecular weight is 264 g/mol. The number of phenolic OH excluding ortho intramolecular Hbond substituents is 1. The fraction of sp³-hybridized carbons (Fsp3) is 0. The molecule has 0 atom stereocenters. The van der Waals surface area contributed by atoms with Crippen molar-refractivity contribution in [3.63, 3.8) is 0 Å². The van der Waals surface area contributed by atoms with Crippen molar-refractivity contribution >= 4 is 23.3 Å². The number of phenols is 1. The number of hydrogen-bond donors (Lipinski definition) is 2. The number of nitrogens with two attached hydrogens (primary N) is 1. The van der Waals surface area contributed by atoms with Gasteiger partial charge in [0.25, 0.3) is 0 Å². The fourth-order valence-corrected chi connectivity index (χ4v) is 1.51. The maximum atomic E-state index is 11.8. The number of ether oxygens (including phenoxy) is 1. The highest BCUT2D eigenvalue weighted by Gasteiger charge is 2.13. The predicted octanol–water partition coefficient (Wildman–Crippen LogP) is 2.85. The number of carbonyl (C=O) groups excluding carboxylic acids is 1. The predicted molar refractivity (Wildman–Crippen MR) is 68.9 cm³/mol. The van der Waals surface area contributed by atoms with Gasteiger partial charge in [0.05, 0.1) is 0 Å². The zero-order chi connectivity index (χ0) is 13.1. The molecule has 0 aliphatic heterocycles. The van der Waals surface area contributed by atoms with Crippen LogP contribution in [0.25, 0.3) is 0 Å². The number of anilines is 1. The molecule has 3 N–H and O–H groups in total. The summed E-state index contributed by atoms with van der Waals surface area (Å²) in [4.78, 5) is 11.8. The van der Waals surface area contributed by atoms with Crippen LogP contribution in [0, 0.1) is 0 Å². The molecule has 0 aliphatic rings. The lowest BCUT2D eigenvalue weighted by Crippen LogP contribution is -2.08. The molecule has 0 bridgehead atoms. The van der Waals surface area contributed by atoms with Crippen molar-refractivity contribution in [1.29, 1.82) is 0 Å². The first-order valence-electron chi connectivity index (χ1n) is 5.12. The summed E-state index contributed by atoms with van der Waals surface area (Å²) in [5, 5.41) is 10.1. The smallest absolute Gasteiger partial charge is 0.347 e. The zero-order valence-corrected chi connectivity index (χ0v) is 10.0. The summed E-state index contributed by atoms with van der Waals surface area (Å²) < 4.78 is 5.08. The van der Waals surface area contributed by atoms with Crippen molar-refractivity contribution in [2.24, 2.45) is 0 Å². The Morgan fingerprint density at radius 3 is 2.44 bits per heavy atom. The first-order chi connectivity index (χ1) is 8.56. The van der Waals surface area contributed by atoms with Gasteiger partial charge in [0, 0.05) is 16.8 Å². The van der Waals surface area contributed by atoms with Gasteiger partial charge in [-0.05, 0) is 36.4 Å². The van der Waals surface area contributed by atoms with Crippen LogP contribution in [0.5, 0.6) is 11.5 Å². The minimum Gasteiger partial charge on any atom is -0.507 e. The third-order valence-electron chi connectivity index (χ3n) is 2.27. The molecule has 0 heterocycles. The van der Waals surface area contributed by atoms with Crippen molar-refractivity contribution in [1.82, 2.24) is 0 Å². The maximum absolute atomic E-state index is 11.8. The summed E-state index contributed by atoms with van der Waals surface area (Å²) in [6.45, 7) is 0. The van der Waals surface area contributed by atoms with E-state index in [2.05, 4.69) is 0 Å². The van der Waals surface area contributed by atoms with Crippen LogP contribution in [0.15, 0.2) is 42.5 Å². The van der Waals surface area contributed by atoms with Crippen molar-refractivity contribution in [2.75, 3.05) is 5.73 Å². The second-order valence-electron chi connectivity index (χ2n) is 3.62. The number of aromatic hydroxyl groups is 1. The Morgan fingerprint density at radius 1 is 1.17 bits per heavy atom. The Morgan fingerprint density at radius 2 is 1.83 bits per heavy atom. The molecule has 2 rings (SSSR count). The van der Waals surface area contributed by atoms with E-state index >= 15 is 0 Å². The minimum atomic E-state index is -0.658. The fourth-order valence-electron chi connectivity index (χ4n) is 1.39. The summed E-state index contributed by atoms with van der Waals surface area (Å²) >= 11 is 5.71. The number of hydrogen-bond acceptors (Lipinski definition) is 4. The van der Waals surface area contributed by atoms with Gasteiger partial charge < -0.3 is 15.6 Å². The van der Waals surface area contributed by atoms with E-state index in [0.29, 0.717) is 16.5 Å². The maximum Gasteiger partial charge on any atom is 0.347 e. The van der Waals surface area contributed by atoms with E-state index in [-0.39, 0.29) is 11.3 Å². The second-order valence-corrected chi connectivity index (χ2v) is 4.06. The molecule has 0 spiro atoms. The molecule has 2 aromatic carbocycles. The van der Waals surface area contributed by atoms with E-state index in [4.69, 9.17) is 22.1 Å². The quantitative estimate of drug-likeness (QED) is 0.496. The third-order valence-corrected chi connectivity index (χ3v) is 2.52. The third kappa shape index (κ3) is 2.73. The van der Waals surface area contributed by atoms with Crippen LogP contribution in [0.2, 0.25) is 5.02 Å². The Hall–Kier alpha value is -2.20. The highest BCUT2D eigenvalue weighted by Crippen LogP contribution is 2.23. The van der Waals surface area contributed by atoms with Gasteiger partial charge >= 0.3 is 5.97 Å². The van der Waals surface area contributed by atoms with E-state index in [9.17, 15) is 9.90 Å². The molecule has 0 fully saturated rings. The molecule has 4 nitrogen and oxygen atoms in total. The molecule has 0 unspecified atom stereocenters.